The normalized spacial score (nSPS) is 21.8. The molecule has 120 valence electrons. The molecule has 0 aromatic heterocycles. The number of amides is 1. The SMILES string of the molecule is CC1(C)CCCC(C(=O)N[C@@H](Cc2ccccc2)C(=O)O)C1. The summed E-state index contributed by atoms with van der Waals surface area (Å²) in [4.78, 5) is 23.9. The van der Waals surface area contributed by atoms with Gasteiger partial charge in [-0.1, -0.05) is 50.6 Å². The van der Waals surface area contributed by atoms with Gasteiger partial charge in [-0.05, 0) is 30.2 Å². The van der Waals surface area contributed by atoms with Crippen LogP contribution in [-0.4, -0.2) is 23.0 Å². The Bertz CT molecular complexity index is 524. The first-order valence-corrected chi connectivity index (χ1v) is 7.94. The van der Waals surface area contributed by atoms with E-state index < -0.39 is 12.0 Å². The topological polar surface area (TPSA) is 66.4 Å². The molecule has 0 aliphatic heterocycles. The van der Waals surface area contributed by atoms with Gasteiger partial charge in [0.1, 0.15) is 6.04 Å². The molecule has 1 aliphatic carbocycles. The third kappa shape index (κ3) is 4.58. The van der Waals surface area contributed by atoms with Gasteiger partial charge in [0.05, 0.1) is 0 Å². The number of aliphatic carboxylic acids is 1. The van der Waals surface area contributed by atoms with E-state index in [2.05, 4.69) is 19.2 Å². The van der Waals surface area contributed by atoms with E-state index in [0.29, 0.717) is 6.42 Å². The number of carboxylic acid groups (broad SMARTS) is 1. The Kier molecular flexibility index (Phi) is 5.22. The molecule has 0 bridgehead atoms. The summed E-state index contributed by atoms with van der Waals surface area (Å²) in [6, 6.07) is 8.54. The Morgan fingerprint density at radius 1 is 1.32 bits per heavy atom. The maximum Gasteiger partial charge on any atom is 0.326 e. The second kappa shape index (κ2) is 6.95. The third-order valence-corrected chi connectivity index (χ3v) is 4.47. The van der Waals surface area contributed by atoms with Crippen LogP contribution in [0.25, 0.3) is 0 Å². The molecule has 22 heavy (non-hydrogen) atoms. The average Bonchev–Trinajstić information content (AvgIpc) is 2.46. The van der Waals surface area contributed by atoms with Crippen molar-refractivity contribution in [3.8, 4) is 0 Å². The molecule has 2 rings (SSSR count). The molecule has 1 saturated carbocycles. The number of carbonyl (C=O) groups is 2. The predicted molar refractivity (Wildman–Crippen MR) is 85.5 cm³/mol. The molecule has 0 radical (unpaired) electrons. The van der Waals surface area contributed by atoms with Crippen LogP contribution in [0.15, 0.2) is 30.3 Å². The highest BCUT2D eigenvalue weighted by Crippen LogP contribution is 2.38. The van der Waals surface area contributed by atoms with Crippen molar-refractivity contribution in [3.63, 3.8) is 0 Å². The Hall–Kier alpha value is -1.84. The Balaban J connectivity index is 1.98. The fourth-order valence-electron chi connectivity index (χ4n) is 3.26. The van der Waals surface area contributed by atoms with Gasteiger partial charge >= 0.3 is 5.97 Å². The molecule has 2 N–H and O–H groups in total. The fourth-order valence-corrected chi connectivity index (χ4v) is 3.26. The van der Waals surface area contributed by atoms with Crippen molar-refractivity contribution in [3.05, 3.63) is 35.9 Å². The smallest absolute Gasteiger partial charge is 0.326 e. The molecule has 4 nitrogen and oxygen atoms in total. The number of carbonyl (C=O) groups excluding carboxylic acids is 1. The van der Waals surface area contributed by atoms with Gasteiger partial charge in [-0.2, -0.15) is 0 Å². The molecule has 1 amide bonds. The van der Waals surface area contributed by atoms with E-state index in [4.69, 9.17) is 0 Å². The lowest BCUT2D eigenvalue weighted by Gasteiger charge is -2.34. The van der Waals surface area contributed by atoms with Gasteiger partial charge in [0, 0.05) is 12.3 Å². The van der Waals surface area contributed by atoms with Gasteiger partial charge in [0.15, 0.2) is 0 Å². The minimum atomic E-state index is -0.979. The number of hydrogen-bond donors (Lipinski definition) is 2. The summed E-state index contributed by atoms with van der Waals surface area (Å²) in [6.07, 6.45) is 4.16. The highest BCUT2D eigenvalue weighted by molar-refractivity contribution is 5.85. The summed E-state index contributed by atoms with van der Waals surface area (Å²) in [6.45, 7) is 4.34. The monoisotopic (exact) mass is 303 g/mol. The molecule has 1 aromatic rings. The van der Waals surface area contributed by atoms with Gasteiger partial charge in [0.2, 0.25) is 5.91 Å². The maximum absolute atomic E-state index is 12.4. The van der Waals surface area contributed by atoms with Gasteiger partial charge in [-0.15, -0.1) is 0 Å². The van der Waals surface area contributed by atoms with Crippen LogP contribution in [0, 0.1) is 11.3 Å². The lowest BCUT2D eigenvalue weighted by Crippen LogP contribution is -2.46. The Morgan fingerprint density at radius 2 is 2.00 bits per heavy atom. The molecule has 1 unspecified atom stereocenters. The number of hydrogen-bond acceptors (Lipinski definition) is 2. The average molecular weight is 303 g/mol. The van der Waals surface area contributed by atoms with Crippen LogP contribution < -0.4 is 5.32 Å². The van der Waals surface area contributed by atoms with E-state index in [-0.39, 0.29) is 17.2 Å². The summed E-state index contributed by atoms with van der Waals surface area (Å²) in [5, 5.41) is 12.1. The standard InChI is InChI=1S/C18H25NO3/c1-18(2)10-6-9-14(12-18)16(20)19-15(17(21)22)11-13-7-4-3-5-8-13/h3-5,7-8,14-15H,6,9-12H2,1-2H3,(H,19,20)(H,21,22)/t14?,15-/m0/s1. The third-order valence-electron chi connectivity index (χ3n) is 4.47. The minimum absolute atomic E-state index is 0.0682. The minimum Gasteiger partial charge on any atom is -0.480 e. The first-order valence-electron chi connectivity index (χ1n) is 7.94. The van der Waals surface area contributed by atoms with E-state index in [1.54, 1.807) is 0 Å². The quantitative estimate of drug-likeness (QED) is 0.878. The molecular weight excluding hydrogens is 278 g/mol. The Labute approximate surface area is 131 Å². The first kappa shape index (κ1) is 16.5. The highest BCUT2D eigenvalue weighted by Gasteiger charge is 2.33. The van der Waals surface area contributed by atoms with Gasteiger partial charge in [-0.3, -0.25) is 4.79 Å². The van der Waals surface area contributed by atoms with E-state index in [1.807, 2.05) is 30.3 Å². The number of nitrogens with one attached hydrogen (secondary N) is 1. The zero-order valence-electron chi connectivity index (χ0n) is 13.3. The summed E-state index contributed by atoms with van der Waals surface area (Å²) >= 11 is 0. The largest absolute Gasteiger partial charge is 0.480 e. The zero-order chi connectivity index (χ0) is 16.2. The number of benzene rings is 1. The van der Waals surface area contributed by atoms with Crippen molar-refractivity contribution in [2.45, 2.75) is 52.0 Å². The molecule has 1 aromatic carbocycles. The van der Waals surface area contributed by atoms with Crippen LogP contribution in [0.5, 0.6) is 0 Å². The van der Waals surface area contributed by atoms with E-state index in [0.717, 1.165) is 31.2 Å². The van der Waals surface area contributed by atoms with Gasteiger partial charge in [-0.25, -0.2) is 4.79 Å². The molecule has 4 heteroatoms. The molecule has 0 spiro atoms. The van der Waals surface area contributed by atoms with E-state index in [9.17, 15) is 14.7 Å². The van der Waals surface area contributed by atoms with Crippen LogP contribution in [0.1, 0.15) is 45.1 Å². The van der Waals surface area contributed by atoms with Crippen LogP contribution in [0.4, 0.5) is 0 Å². The predicted octanol–water partition coefficient (Wildman–Crippen LogP) is 3.01. The fraction of sp³-hybridized carbons (Fsp3) is 0.556. The summed E-state index contributed by atoms with van der Waals surface area (Å²) < 4.78 is 0. The maximum atomic E-state index is 12.4. The summed E-state index contributed by atoms with van der Waals surface area (Å²) in [7, 11) is 0. The molecule has 1 aliphatic rings. The van der Waals surface area contributed by atoms with Crippen LogP contribution in [-0.2, 0) is 16.0 Å². The summed E-state index contributed by atoms with van der Waals surface area (Å²) in [5.41, 5.74) is 1.08. The number of carboxylic acids is 1. The van der Waals surface area contributed by atoms with Crippen molar-refractivity contribution in [1.82, 2.24) is 5.32 Å². The zero-order valence-corrected chi connectivity index (χ0v) is 13.3. The molecule has 2 atom stereocenters. The lowest BCUT2D eigenvalue weighted by molar-refractivity contribution is -0.142. The Morgan fingerprint density at radius 3 is 2.59 bits per heavy atom. The van der Waals surface area contributed by atoms with E-state index in [1.165, 1.54) is 0 Å². The van der Waals surface area contributed by atoms with Gasteiger partial charge in [0.25, 0.3) is 0 Å². The van der Waals surface area contributed by atoms with Crippen molar-refractivity contribution >= 4 is 11.9 Å². The molecular formula is C18H25NO3. The highest BCUT2D eigenvalue weighted by atomic mass is 16.4. The molecule has 0 heterocycles. The molecule has 1 fully saturated rings. The van der Waals surface area contributed by atoms with E-state index >= 15 is 0 Å². The first-order chi connectivity index (χ1) is 10.4. The van der Waals surface area contributed by atoms with Crippen LogP contribution in [0.2, 0.25) is 0 Å². The van der Waals surface area contributed by atoms with Crippen LogP contribution >= 0.6 is 0 Å². The van der Waals surface area contributed by atoms with Crippen molar-refractivity contribution in [2.75, 3.05) is 0 Å². The second-order valence-corrected chi connectivity index (χ2v) is 7.05. The number of rotatable bonds is 5. The lowest BCUT2D eigenvalue weighted by atomic mass is 9.72. The summed E-state index contributed by atoms with van der Waals surface area (Å²) in [5.74, 6) is -1.16. The van der Waals surface area contributed by atoms with Crippen molar-refractivity contribution < 1.29 is 14.7 Å². The van der Waals surface area contributed by atoms with Crippen LogP contribution in [0.3, 0.4) is 0 Å². The van der Waals surface area contributed by atoms with Crippen molar-refractivity contribution in [2.24, 2.45) is 11.3 Å². The van der Waals surface area contributed by atoms with Gasteiger partial charge < -0.3 is 10.4 Å². The van der Waals surface area contributed by atoms with Crippen molar-refractivity contribution in [1.29, 1.82) is 0 Å². The second-order valence-electron chi connectivity index (χ2n) is 7.05. The molecule has 0 saturated heterocycles.